The number of anilines is 2. The second kappa shape index (κ2) is 9.02. The first-order valence-electron chi connectivity index (χ1n) is 8.60. The molecule has 0 fully saturated rings. The number of hydrogen-bond acceptors (Lipinski definition) is 8. The van der Waals surface area contributed by atoms with Crippen LogP contribution < -0.4 is 10.6 Å². The number of amides is 1. The number of rotatable bonds is 8. The normalized spacial score (nSPS) is 10.4. The van der Waals surface area contributed by atoms with Crippen molar-refractivity contribution in [2.75, 3.05) is 23.8 Å². The van der Waals surface area contributed by atoms with Gasteiger partial charge in [-0.05, 0) is 25.1 Å². The topological polar surface area (TPSA) is 124 Å². The number of benzene rings is 1. The number of nitrogens with one attached hydrogen (secondary N) is 2. The molecule has 0 spiro atoms. The van der Waals surface area contributed by atoms with E-state index in [1.54, 1.807) is 30.5 Å². The molecule has 0 unspecified atom stereocenters. The van der Waals surface area contributed by atoms with Crippen LogP contribution in [0.25, 0.3) is 11.3 Å². The Morgan fingerprint density at radius 3 is 2.79 bits per heavy atom. The fourth-order valence-corrected chi connectivity index (χ4v) is 3.51. The Bertz CT molecular complexity index is 1030. The summed E-state index contributed by atoms with van der Waals surface area (Å²) in [6.07, 6.45) is 1.49. The molecule has 29 heavy (non-hydrogen) atoms. The Morgan fingerprint density at radius 2 is 2.10 bits per heavy atom. The zero-order valence-corrected chi connectivity index (χ0v) is 16.2. The molecule has 0 bridgehead atoms. The van der Waals surface area contributed by atoms with E-state index in [0.717, 1.165) is 0 Å². The van der Waals surface area contributed by atoms with Crippen LogP contribution in [-0.2, 0) is 9.53 Å². The first-order valence-corrected chi connectivity index (χ1v) is 9.48. The Labute approximate surface area is 169 Å². The maximum absolute atomic E-state index is 12.4. The first kappa shape index (κ1) is 20.1. The number of esters is 1. The number of thiophene rings is 1. The third-order valence-electron chi connectivity index (χ3n) is 3.82. The van der Waals surface area contributed by atoms with Crippen LogP contribution in [0.3, 0.4) is 0 Å². The lowest BCUT2D eigenvalue weighted by atomic mass is 10.1. The molecule has 2 N–H and O–H groups in total. The van der Waals surface area contributed by atoms with Gasteiger partial charge >= 0.3 is 5.97 Å². The summed E-state index contributed by atoms with van der Waals surface area (Å²) in [6.45, 7) is 1.74. The molecule has 0 aliphatic carbocycles. The highest BCUT2D eigenvalue weighted by molar-refractivity contribution is 7.15. The summed E-state index contributed by atoms with van der Waals surface area (Å²) in [5, 5.41) is 18.4. The smallest absolute Gasteiger partial charge is 0.341 e. The van der Waals surface area contributed by atoms with E-state index in [9.17, 15) is 19.7 Å². The van der Waals surface area contributed by atoms with Gasteiger partial charge in [0.25, 0.3) is 5.69 Å². The monoisotopic (exact) mass is 415 g/mol. The number of furan rings is 1. The van der Waals surface area contributed by atoms with Gasteiger partial charge in [0.15, 0.2) is 0 Å². The molecule has 0 radical (unpaired) electrons. The van der Waals surface area contributed by atoms with Crippen LogP contribution in [0.1, 0.15) is 17.3 Å². The molecular formula is C19H17N3O6S. The molecule has 1 aromatic carbocycles. The fraction of sp³-hybridized carbons (Fsp3) is 0.158. The van der Waals surface area contributed by atoms with Crippen LogP contribution in [0.15, 0.2) is 52.5 Å². The zero-order valence-electron chi connectivity index (χ0n) is 15.3. The van der Waals surface area contributed by atoms with Gasteiger partial charge in [0.1, 0.15) is 16.3 Å². The summed E-state index contributed by atoms with van der Waals surface area (Å²) < 4.78 is 10.5. The molecule has 0 aliphatic rings. The van der Waals surface area contributed by atoms with Gasteiger partial charge in [-0.15, -0.1) is 11.3 Å². The highest BCUT2D eigenvalue weighted by Gasteiger charge is 2.24. The van der Waals surface area contributed by atoms with Gasteiger partial charge in [0.2, 0.25) is 5.91 Å². The van der Waals surface area contributed by atoms with Crippen LogP contribution >= 0.6 is 11.3 Å². The number of hydrogen-bond donors (Lipinski definition) is 2. The lowest BCUT2D eigenvalue weighted by Crippen LogP contribution is -2.22. The van der Waals surface area contributed by atoms with Crippen molar-refractivity contribution < 1.29 is 23.7 Å². The van der Waals surface area contributed by atoms with Crippen molar-refractivity contribution in [1.82, 2.24) is 0 Å². The van der Waals surface area contributed by atoms with Gasteiger partial charge in [-0.25, -0.2) is 4.79 Å². The summed E-state index contributed by atoms with van der Waals surface area (Å²) in [7, 11) is 0. The second-order valence-corrected chi connectivity index (χ2v) is 6.64. The van der Waals surface area contributed by atoms with Crippen LogP contribution in [0, 0.1) is 10.1 Å². The van der Waals surface area contributed by atoms with E-state index >= 15 is 0 Å². The van der Waals surface area contributed by atoms with E-state index in [0.29, 0.717) is 22.0 Å². The van der Waals surface area contributed by atoms with E-state index in [4.69, 9.17) is 9.15 Å². The maximum atomic E-state index is 12.4. The van der Waals surface area contributed by atoms with Crippen LogP contribution in [-0.4, -0.2) is 30.0 Å². The number of carbonyl (C=O) groups excluding carboxylic acids is 2. The summed E-state index contributed by atoms with van der Waals surface area (Å²) in [4.78, 5) is 35.1. The minimum atomic E-state index is -0.568. The number of nitro benzene ring substituents is 1. The molecule has 150 valence electrons. The molecule has 1 amide bonds. The van der Waals surface area contributed by atoms with Crippen molar-refractivity contribution in [1.29, 1.82) is 0 Å². The molecule has 3 aromatic rings. The van der Waals surface area contributed by atoms with E-state index < -0.39 is 16.8 Å². The van der Waals surface area contributed by atoms with Crippen molar-refractivity contribution in [3.05, 3.63) is 63.7 Å². The van der Waals surface area contributed by atoms with E-state index in [1.807, 2.05) is 0 Å². The van der Waals surface area contributed by atoms with Gasteiger partial charge in [-0.3, -0.25) is 14.9 Å². The molecule has 2 heterocycles. The first-order chi connectivity index (χ1) is 14.0. The minimum Gasteiger partial charge on any atom is -0.464 e. The number of carbonyl (C=O) groups is 2. The third kappa shape index (κ3) is 4.79. The molecule has 3 rings (SSSR count). The van der Waals surface area contributed by atoms with Crippen LogP contribution in [0.5, 0.6) is 0 Å². The minimum absolute atomic E-state index is 0.0821. The quantitative estimate of drug-likeness (QED) is 0.322. The van der Waals surface area contributed by atoms with Gasteiger partial charge in [-0.1, -0.05) is 6.07 Å². The van der Waals surface area contributed by atoms with Crippen molar-refractivity contribution in [2.45, 2.75) is 6.92 Å². The molecule has 0 aliphatic heterocycles. The van der Waals surface area contributed by atoms with Gasteiger partial charge < -0.3 is 19.8 Å². The molecule has 0 atom stereocenters. The lowest BCUT2D eigenvalue weighted by molar-refractivity contribution is -0.384. The second-order valence-electron chi connectivity index (χ2n) is 5.76. The molecule has 2 aromatic heterocycles. The molecule has 0 saturated carbocycles. The van der Waals surface area contributed by atoms with E-state index in [2.05, 4.69) is 10.6 Å². The van der Waals surface area contributed by atoms with Crippen molar-refractivity contribution in [3.63, 3.8) is 0 Å². The molecule has 9 nitrogen and oxygen atoms in total. The number of ether oxygens (including phenoxy) is 1. The molecule has 10 heteroatoms. The van der Waals surface area contributed by atoms with Gasteiger partial charge in [0.05, 0.1) is 24.3 Å². The average Bonchev–Trinajstić information content (AvgIpc) is 3.36. The Hall–Kier alpha value is -3.66. The van der Waals surface area contributed by atoms with Crippen molar-refractivity contribution in [2.24, 2.45) is 0 Å². The third-order valence-corrected chi connectivity index (χ3v) is 4.72. The summed E-state index contributed by atoms with van der Waals surface area (Å²) in [5.74, 6) is -0.503. The zero-order chi connectivity index (χ0) is 20.8. The summed E-state index contributed by atoms with van der Waals surface area (Å²) in [5.41, 5.74) is 1.10. The average molecular weight is 415 g/mol. The van der Waals surface area contributed by atoms with E-state index in [-0.39, 0.29) is 24.4 Å². The van der Waals surface area contributed by atoms with E-state index in [1.165, 1.54) is 35.8 Å². The standard InChI is InChI=1S/C19H17N3O6S/c1-2-27-19(24)17-14(15-7-4-8-28-15)11-29-18(17)21-16(23)10-20-12-5-3-6-13(9-12)22(25)26/h3-9,11,20H,2,10H2,1H3,(H,21,23). The maximum Gasteiger partial charge on any atom is 0.341 e. The van der Waals surface area contributed by atoms with Crippen molar-refractivity contribution in [3.8, 4) is 11.3 Å². The van der Waals surface area contributed by atoms with Crippen molar-refractivity contribution >= 4 is 39.6 Å². The summed E-state index contributed by atoms with van der Waals surface area (Å²) in [6, 6.07) is 9.23. The predicted octanol–water partition coefficient (Wildman–Crippen LogP) is 4.14. The summed E-state index contributed by atoms with van der Waals surface area (Å²) >= 11 is 1.18. The highest BCUT2D eigenvalue weighted by atomic mass is 32.1. The number of nitrogens with zero attached hydrogens (tertiary/aromatic N) is 1. The van der Waals surface area contributed by atoms with Crippen LogP contribution in [0.2, 0.25) is 0 Å². The predicted molar refractivity (Wildman–Crippen MR) is 108 cm³/mol. The largest absolute Gasteiger partial charge is 0.464 e. The Balaban J connectivity index is 1.74. The van der Waals surface area contributed by atoms with Crippen LogP contribution in [0.4, 0.5) is 16.4 Å². The molecular weight excluding hydrogens is 398 g/mol. The fourth-order valence-electron chi connectivity index (χ4n) is 2.55. The number of nitro groups is 1. The van der Waals surface area contributed by atoms with Gasteiger partial charge in [0, 0.05) is 28.8 Å². The van der Waals surface area contributed by atoms with Gasteiger partial charge in [-0.2, -0.15) is 0 Å². The Kier molecular flexibility index (Phi) is 6.25. The lowest BCUT2D eigenvalue weighted by Gasteiger charge is -2.09. The number of non-ortho nitro benzene ring substituents is 1. The Morgan fingerprint density at radius 1 is 1.28 bits per heavy atom. The highest BCUT2D eigenvalue weighted by Crippen LogP contribution is 2.36. The molecule has 0 saturated heterocycles. The SMILES string of the molecule is CCOC(=O)c1c(-c2ccco2)csc1NC(=O)CNc1cccc([N+](=O)[O-])c1.